The molecule has 0 aliphatic heterocycles. The number of nitrogens with zero attached hydrogens (tertiary/aromatic N) is 6. The Hall–Kier alpha value is -3.46. The van der Waals surface area contributed by atoms with Gasteiger partial charge in [-0.25, -0.2) is 0 Å². The van der Waals surface area contributed by atoms with Gasteiger partial charge in [-0.05, 0) is 30.0 Å². The van der Waals surface area contributed by atoms with Crippen LogP contribution in [0.25, 0.3) is 16.7 Å². The second-order valence-electron chi connectivity index (χ2n) is 8.33. The average molecular weight is 461 g/mol. The average Bonchev–Trinajstić information content (AvgIpc) is 3.45. The minimum Gasteiger partial charge on any atom is -0.338 e. The van der Waals surface area contributed by atoms with Crippen molar-refractivity contribution in [1.82, 2.24) is 29.3 Å². The highest BCUT2D eigenvalue weighted by atomic mass is 32.2. The molecule has 0 N–H and O–H groups in total. The van der Waals surface area contributed by atoms with Gasteiger partial charge >= 0.3 is 0 Å². The second kappa shape index (κ2) is 9.19. The Morgan fingerprint density at radius 2 is 1.82 bits per heavy atom. The van der Waals surface area contributed by atoms with E-state index in [2.05, 4.69) is 34.2 Å². The van der Waals surface area contributed by atoms with Gasteiger partial charge in [0, 0.05) is 13.0 Å². The maximum Gasteiger partial charge on any atom is 0.262 e. The maximum absolute atomic E-state index is 13.1. The minimum absolute atomic E-state index is 0.0369. The van der Waals surface area contributed by atoms with Crippen molar-refractivity contribution in [2.45, 2.75) is 44.1 Å². The Labute approximate surface area is 194 Å². The van der Waals surface area contributed by atoms with Gasteiger partial charge in [0.25, 0.3) is 5.56 Å². The van der Waals surface area contributed by atoms with Crippen LogP contribution in [0.2, 0.25) is 0 Å². The molecule has 0 saturated heterocycles. The molecule has 5 aromatic rings. The van der Waals surface area contributed by atoms with Gasteiger partial charge < -0.3 is 4.52 Å². The number of aromatic nitrogens is 6. The molecule has 0 unspecified atom stereocenters. The van der Waals surface area contributed by atoms with Gasteiger partial charge in [0.15, 0.2) is 11.0 Å². The first kappa shape index (κ1) is 21.4. The van der Waals surface area contributed by atoms with Crippen molar-refractivity contribution in [2.75, 3.05) is 0 Å². The third kappa shape index (κ3) is 4.41. The number of hydrogen-bond acceptors (Lipinski definition) is 7. The molecular formula is C24H24N6O2S. The van der Waals surface area contributed by atoms with E-state index < -0.39 is 0 Å². The molecule has 5 rings (SSSR count). The van der Waals surface area contributed by atoms with Crippen molar-refractivity contribution in [3.8, 4) is 0 Å². The lowest BCUT2D eigenvalue weighted by Gasteiger charge is -2.12. The molecule has 33 heavy (non-hydrogen) atoms. The van der Waals surface area contributed by atoms with Gasteiger partial charge in [0.05, 0.1) is 16.7 Å². The fourth-order valence-electron chi connectivity index (χ4n) is 3.74. The Balaban J connectivity index is 1.44. The molecule has 3 aromatic heterocycles. The van der Waals surface area contributed by atoms with E-state index in [1.807, 2.05) is 59.0 Å². The quantitative estimate of drug-likeness (QED) is 0.318. The van der Waals surface area contributed by atoms with E-state index in [1.54, 1.807) is 4.57 Å². The van der Waals surface area contributed by atoms with Crippen molar-refractivity contribution in [2.24, 2.45) is 5.92 Å². The van der Waals surface area contributed by atoms with Crippen molar-refractivity contribution in [3.05, 3.63) is 82.2 Å². The summed E-state index contributed by atoms with van der Waals surface area (Å²) in [5, 5.41) is 14.2. The van der Waals surface area contributed by atoms with Gasteiger partial charge in [-0.1, -0.05) is 73.2 Å². The van der Waals surface area contributed by atoms with Gasteiger partial charge in [0.2, 0.25) is 11.7 Å². The largest absolute Gasteiger partial charge is 0.338 e. The smallest absolute Gasteiger partial charge is 0.262 e. The molecule has 0 radical (unpaired) electrons. The molecule has 0 bridgehead atoms. The molecule has 8 nitrogen and oxygen atoms in total. The third-order valence-electron chi connectivity index (χ3n) is 5.45. The van der Waals surface area contributed by atoms with E-state index in [0.717, 1.165) is 17.5 Å². The predicted molar refractivity (Wildman–Crippen MR) is 127 cm³/mol. The van der Waals surface area contributed by atoms with Crippen LogP contribution in [-0.4, -0.2) is 29.3 Å². The van der Waals surface area contributed by atoms with Crippen LogP contribution in [0.3, 0.4) is 0 Å². The lowest BCUT2D eigenvalue weighted by Crippen LogP contribution is -2.24. The number of benzene rings is 2. The standard InChI is InChI=1S/C24H24N6O2S/c1-16(2)12-13-29-22(31)18-10-6-7-11-19(18)30-23(29)26-27-24(30)33-15-21-25-20(28-32-21)14-17-8-4-3-5-9-17/h3-11,16H,12-15H2,1-2H3. The summed E-state index contributed by atoms with van der Waals surface area (Å²) in [7, 11) is 0. The molecule has 2 aromatic carbocycles. The van der Waals surface area contributed by atoms with Crippen LogP contribution in [0.4, 0.5) is 0 Å². The molecule has 0 saturated carbocycles. The van der Waals surface area contributed by atoms with Crippen LogP contribution >= 0.6 is 11.8 Å². The monoisotopic (exact) mass is 460 g/mol. The molecular weight excluding hydrogens is 436 g/mol. The number of thioether (sulfide) groups is 1. The number of aryl methyl sites for hydroxylation is 1. The van der Waals surface area contributed by atoms with Gasteiger partial charge in [0.1, 0.15) is 0 Å². The highest BCUT2D eigenvalue weighted by Gasteiger charge is 2.18. The summed E-state index contributed by atoms with van der Waals surface area (Å²) < 4.78 is 9.12. The molecule has 9 heteroatoms. The summed E-state index contributed by atoms with van der Waals surface area (Å²) in [5.74, 6) is 2.66. The third-order valence-corrected chi connectivity index (χ3v) is 6.36. The van der Waals surface area contributed by atoms with E-state index in [0.29, 0.717) is 52.7 Å². The number of hydrogen-bond donors (Lipinski definition) is 0. The fourth-order valence-corrected chi connectivity index (χ4v) is 4.52. The minimum atomic E-state index is -0.0369. The lowest BCUT2D eigenvalue weighted by atomic mass is 10.1. The van der Waals surface area contributed by atoms with Crippen LogP contribution in [0.1, 0.15) is 37.5 Å². The van der Waals surface area contributed by atoms with Crippen LogP contribution in [-0.2, 0) is 18.7 Å². The molecule has 0 aliphatic rings. The van der Waals surface area contributed by atoms with Gasteiger partial charge in [-0.15, -0.1) is 10.2 Å². The molecule has 0 aliphatic carbocycles. The van der Waals surface area contributed by atoms with Gasteiger partial charge in [-0.3, -0.25) is 13.8 Å². The van der Waals surface area contributed by atoms with Crippen molar-refractivity contribution >= 4 is 28.4 Å². The van der Waals surface area contributed by atoms with Crippen LogP contribution in [0.15, 0.2) is 69.1 Å². The Morgan fingerprint density at radius 3 is 2.64 bits per heavy atom. The molecule has 0 fully saturated rings. The van der Waals surface area contributed by atoms with Crippen LogP contribution in [0, 0.1) is 5.92 Å². The highest BCUT2D eigenvalue weighted by Crippen LogP contribution is 2.24. The SMILES string of the molecule is CC(C)CCn1c(=O)c2ccccc2n2c(SCc3nc(Cc4ccccc4)no3)nnc12. The zero-order valence-electron chi connectivity index (χ0n) is 18.5. The van der Waals surface area contributed by atoms with E-state index >= 15 is 0 Å². The first-order valence-electron chi connectivity index (χ1n) is 10.9. The van der Waals surface area contributed by atoms with E-state index in [1.165, 1.54) is 11.8 Å². The molecule has 0 spiro atoms. The summed E-state index contributed by atoms with van der Waals surface area (Å²) in [6.45, 7) is 4.88. The summed E-state index contributed by atoms with van der Waals surface area (Å²) in [5.41, 5.74) is 1.89. The van der Waals surface area contributed by atoms with E-state index in [9.17, 15) is 4.79 Å². The molecule has 0 atom stereocenters. The van der Waals surface area contributed by atoms with E-state index in [-0.39, 0.29) is 5.56 Å². The maximum atomic E-state index is 13.1. The number of para-hydroxylation sites is 1. The summed E-state index contributed by atoms with van der Waals surface area (Å²) in [6, 6.07) is 17.6. The zero-order chi connectivity index (χ0) is 22.8. The molecule has 168 valence electrons. The Bertz CT molecular complexity index is 1450. The zero-order valence-corrected chi connectivity index (χ0v) is 19.3. The first-order chi connectivity index (χ1) is 16.1. The van der Waals surface area contributed by atoms with Gasteiger partial charge in [-0.2, -0.15) is 4.98 Å². The number of rotatable bonds is 8. The van der Waals surface area contributed by atoms with Crippen molar-refractivity contribution in [1.29, 1.82) is 0 Å². The second-order valence-corrected chi connectivity index (χ2v) is 9.27. The lowest BCUT2D eigenvalue weighted by molar-refractivity contribution is 0.385. The molecule has 3 heterocycles. The Morgan fingerprint density at radius 1 is 1.03 bits per heavy atom. The van der Waals surface area contributed by atoms with Crippen molar-refractivity contribution < 1.29 is 4.52 Å². The summed E-state index contributed by atoms with van der Waals surface area (Å²) >= 11 is 1.46. The van der Waals surface area contributed by atoms with Crippen molar-refractivity contribution in [3.63, 3.8) is 0 Å². The fraction of sp³-hybridized carbons (Fsp3) is 0.292. The Kier molecular flexibility index (Phi) is 5.95. The highest BCUT2D eigenvalue weighted by molar-refractivity contribution is 7.98. The van der Waals surface area contributed by atoms with E-state index in [4.69, 9.17) is 4.52 Å². The summed E-state index contributed by atoms with van der Waals surface area (Å²) in [4.78, 5) is 17.7. The topological polar surface area (TPSA) is 91.1 Å². The van der Waals surface area contributed by atoms with Crippen LogP contribution in [0.5, 0.6) is 0 Å². The summed E-state index contributed by atoms with van der Waals surface area (Å²) in [6.07, 6.45) is 1.51. The van der Waals surface area contributed by atoms with Crippen LogP contribution < -0.4 is 5.56 Å². The number of fused-ring (bicyclic) bond motifs is 3. The molecule has 0 amide bonds. The predicted octanol–water partition coefficient (Wildman–Crippen LogP) is 4.36. The normalized spacial score (nSPS) is 11.7. The first-order valence-corrected chi connectivity index (χ1v) is 11.9.